The van der Waals surface area contributed by atoms with Crippen LogP contribution in [0.5, 0.6) is 0 Å². The van der Waals surface area contributed by atoms with Gasteiger partial charge in [0.25, 0.3) is 0 Å². The number of halogens is 1. The molecule has 0 saturated heterocycles. The molecule has 0 N–H and O–H groups in total. The third-order valence-electron chi connectivity index (χ3n) is 2.14. The highest BCUT2D eigenvalue weighted by molar-refractivity contribution is 9.10. The zero-order chi connectivity index (χ0) is 9.68. The predicted molar refractivity (Wildman–Crippen MR) is 57.7 cm³/mol. The molecule has 0 spiro atoms. The number of hydrogen-bond acceptors (Lipinski definition) is 2. The maximum absolute atomic E-state index is 4.20. The molecule has 0 fully saturated rings. The first-order chi connectivity index (χ1) is 6.26. The number of nitrogens with zero attached hydrogens (tertiary/aromatic N) is 3. The van der Waals surface area contributed by atoms with Crippen LogP contribution in [-0.2, 0) is 6.54 Å². The van der Waals surface area contributed by atoms with Crippen molar-refractivity contribution >= 4 is 15.9 Å². The Balaban J connectivity index is 2.33. The predicted octanol–water partition coefficient (Wildman–Crippen LogP) is 1.99. The summed E-state index contributed by atoms with van der Waals surface area (Å²) >= 11 is 3.38. The van der Waals surface area contributed by atoms with Crippen molar-refractivity contribution in [2.24, 2.45) is 0 Å². The second kappa shape index (κ2) is 5.40. The van der Waals surface area contributed by atoms with Gasteiger partial charge in [-0.15, -0.1) is 0 Å². The molecule has 0 unspecified atom stereocenters. The summed E-state index contributed by atoms with van der Waals surface area (Å²) in [5.74, 6) is 0. The Hall–Kier alpha value is -0.350. The number of aromatic nitrogens is 2. The third kappa shape index (κ3) is 3.48. The summed E-state index contributed by atoms with van der Waals surface area (Å²) < 4.78 is 3.01. The van der Waals surface area contributed by atoms with Crippen LogP contribution in [0.1, 0.15) is 13.8 Å². The summed E-state index contributed by atoms with van der Waals surface area (Å²) in [6, 6.07) is 0. The van der Waals surface area contributed by atoms with Gasteiger partial charge in [-0.05, 0) is 29.0 Å². The molecule has 1 heterocycles. The van der Waals surface area contributed by atoms with Gasteiger partial charge in [-0.1, -0.05) is 13.8 Å². The van der Waals surface area contributed by atoms with E-state index in [2.05, 4.69) is 39.8 Å². The van der Waals surface area contributed by atoms with E-state index in [-0.39, 0.29) is 0 Å². The van der Waals surface area contributed by atoms with Crippen molar-refractivity contribution in [3.63, 3.8) is 0 Å². The molecule has 13 heavy (non-hydrogen) atoms. The van der Waals surface area contributed by atoms with Gasteiger partial charge in [-0.25, -0.2) is 0 Å². The zero-order valence-corrected chi connectivity index (χ0v) is 9.79. The first kappa shape index (κ1) is 10.7. The minimum Gasteiger partial charge on any atom is -0.302 e. The minimum atomic E-state index is 0.966. The van der Waals surface area contributed by atoms with Crippen LogP contribution in [0.4, 0.5) is 0 Å². The maximum atomic E-state index is 4.20. The van der Waals surface area contributed by atoms with Crippen molar-refractivity contribution in [1.82, 2.24) is 14.7 Å². The Morgan fingerprint density at radius 3 is 2.62 bits per heavy atom. The van der Waals surface area contributed by atoms with E-state index >= 15 is 0 Å². The quantitative estimate of drug-likeness (QED) is 0.792. The molecule has 1 aromatic heterocycles. The molecule has 1 aromatic rings. The van der Waals surface area contributed by atoms with Crippen molar-refractivity contribution in [2.75, 3.05) is 19.6 Å². The molecule has 1 rings (SSSR count). The zero-order valence-electron chi connectivity index (χ0n) is 8.20. The van der Waals surface area contributed by atoms with Crippen LogP contribution in [0.25, 0.3) is 0 Å². The largest absolute Gasteiger partial charge is 0.302 e. The van der Waals surface area contributed by atoms with Gasteiger partial charge in [0.15, 0.2) is 0 Å². The van der Waals surface area contributed by atoms with E-state index in [4.69, 9.17) is 0 Å². The lowest BCUT2D eigenvalue weighted by molar-refractivity contribution is 0.285. The van der Waals surface area contributed by atoms with Crippen molar-refractivity contribution in [3.05, 3.63) is 16.9 Å². The van der Waals surface area contributed by atoms with E-state index in [9.17, 15) is 0 Å². The topological polar surface area (TPSA) is 21.1 Å². The van der Waals surface area contributed by atoms with E-state index in [0.717, 1.165) is 30.7 Å². The molecule has 74 valence electrons. The Labute approximate surface area is 87.9 Å². The van der Waals surface area contributed by atoms with Crippen molar-refractivity contribution in [1.29, 1.82) is 0 Å². The highest BCUT2D eigenvalue weighted by Gasteiger charge is 1.99. The Bertz CT molecular complexity index is 243. The van der Waals surface area contributed by atoms with Crippen LogP contribution in [0.2, 0.25) is 0 Å². The van der Waals surface area contributed by atoms with Gasteiger partial charge >= 0.3 is 0 Å². The summed E-state index contributed by atoms with van der Waals surface area (Å²) in [6.07, 6.45) is 3.83. The summed E-state index contributed by atoms with van der Waals surface area (Å²) in [4.78, 5) is 2.38. The van der Waals surface area contributed by atoms with E-state index in [1.165, 1.54) is 0 Å². The van der Waals surface area contributed by atoms with Crippen LogP contribution in [-0.4, -0.2) is 34.3 Å². The first-order valence-corrected chi connectivity index (χ1v) is 5.45. The SMILES string of the molecule is CCN(CC)CCn1cc(Br)cn1. The average Bonchev–Trinajstić information content (AvgIpc) is 2.53. The summed E-state index contributed by atoms with van der Waals surface area (Å²) in [5, 5.41) is 4.20. The lowest BCUT2D eigenvalue weighted by Crippen LogP contribution is -2.27. The summed E-state index contributed by atoms with van der Waals surface area (Å²) in [6.45, 7) is 8.62. The van der Waals surface area contributed by atoms with Gasteiger partial charge in [-0.3, -0.25) is 4.68 Å². The van der Waals surface area contributed by atoms with Crippen LogP contribution in [0.3, 0.4) is 0 Å². The van der Waals surface area contributed by atoms with Gasteiger partial charge in [0, 0.05) is 12.7 Å². The molecule has 4 heteroatoms. The van der Waals surface area contributed by atoms with E-state index in [1.54, 1.807) is 0 Å². The lowest BCUT2D eigenvalue weighted by atomic mass is 10.5. The third-order valence-corrected chi connectivity index (χ3v) is 2.55. The van der Waals surface area contributed by atoms with Crippen molar-refractivity contribution < 1.29 is 0 Å². The van der Waals surface area contributed by atoms with Gasteiger partial charge in [0.1, 0.15) is 0 Å². The van der Waals surface area contributed by atoms with Crippen LogP contribution >= 0.6 is 15.9 Å². The van der Waals surface area contributed by atoms with Crippen LogP contribution in [0.15, 0.2) is 16.9 Å². The highest BCUT2D eigenvalue weighted by Crippen LogP contribution is 2.05. The van der Waals surface area contributed by atoms with Gasteiger partial charge < -0.3 is 4.90 Å². The standard InChI is InChI=1S/C9H16BrN3/c1-3-12(4-2)5-6-13-8-9(10)7-11-13/h7-8H,3-6H2,1-2H3. The van der Waals surface area contributed by atoms with Gasteiger partial charge in [0.05, 0.1) is 17.2 Å². The second-order valence-corrected chi connectivity index (χ2v) is 3.86. The lowest BCUT2D eigenvalue weighted by Gasteiger charge is -2.17. The van der Waals surface area contributed by atoms with E-state index < -0.39 is 0 Å². The molecule has 0 amide bonds. The smallest absolute Gasteiger partial charge is 0.0632 e. The fourth-order valence-corrected chi connectivity index (χ4v) is 1.57. The van der Waals surface area contributed by atoms with Crippen LogP contribution < -0.4 is 0 Å². The van der Waals surface area contributed by atoms with Crippen LogP contribution in [0, 0.1) is 0 Å². The maximum Gasteiger partial charge on any atom is 0.0632 e. The molecule has 0 saturated carbocycles. The average molecular weight is 246 g/mol. The molecule has 0 aliphatic rings. The van der Waals surface area contributed by atoms with E-state index in [0.29, 0.717) is 0 Å². The molecule has 0 aliphatic heterocycles. The molecule has 0 aliphatic carbocycles. The molecule has 3 nitrogen and oxygen atoms in total. The highest BCUT2D eigenvalue weighted by atomic mass is 79.9. The van der Waals surface area contributed by atoms with Crippen molar-refractivity contribution in [3.8, 4) is 0 Å². The van der Waals surface area contributed by atoms with Gasteiger partial charge in [-0.2, -0.15) is 5.10 Å². The Kier molecular flexibility index (Phi) is 4.45. The molecule has 0 bridgehead atoms. The second-order valence-electron chi connectivity index (χ2n) is 2.95. The Morgan fingerprint density at radius 1 is 1.46 bits per heavy atom. The number of likely N-dealkylation sites (N-methyl/N-ethyl adjacent to an activating group) is 1. The fraction of sp³-hybridized carbons (Fsp3) is 0.667. The number of rotatable bonds is 5. The number of hydrogen-bond donors (Lipinski definition) is 0. The Morgan fingerprint density at radius 2 is 2.15 bits per heavy atom. The minimum absolute atomic E-state index is 0.966. The summed E-state index contributed by atoms with van der Waals surface area (Å²) in [5.41, 5.74) is 0. The normalized spacial score (nSPS) is 11.1. The molecule has 0 radical (unpaired) electrons. The van der Waals surface area contributed by atoms with E-state index in [1.807, 2.05) is 17.1 Å². The molecular formula is C9H16BrN3. The van der Waals surface area contributed by atoms with Gasteiger partial charge in [0.2, 0.25) is 0 Å². The van der Waals surface area contributed by atoms with Crippen molar-refractivity contribution in [2.45, 2.75) is 20.4 Å². The molecule has 0 aromatic carbocycles. The fourth-order valence-electron chi connectivity index (χ4n) is 1.24. The molecule has 0 atom stereocenters. The summed E-state index contributed by atoms with van der Waals surface area (Å²) in [7, 11) is 0. The monoisotopic (exact) mass is 245 g/mol. The molecular weight excluding hydrogens is 230 g/mol. The first-order valence-electron chi connectivity index (χ1n) is 4.66.